The van der Waals surface area contributed by atoms with Gasteiger partial charge in [-0.1, -0.05) is 0 Å². The van der Waals surface area contributed by atoms with Crippen molar-refractivity contribution in [2.24, 2.45) is 0 Å². The molecule has 0 radical (unpaired) electrons. The van der Waals surface area contributed by atoms with Gasteiger partial charge in [-0.3, -0.25) is 9.69 Å². The monoisotopic (exact) mass is 397 g/mol. The highest BCUT2D eigenvalue weighted by molar-refractivity contribution is 7.91. The number of rotatable bonds is 6. The zero-order valence-electron chi connectivity index (χ0n) is 15.8. The molecular weight excluding hydrogens is 370 g/mol. The maximum absolute atomic E-state index is 12.5. The third-order valence-electron chi connectivity index (χ3n) is 4.96. The Kier molecular flexibility index (Phi) is 6.28. The fourth-order valence-electron chi connectivity index (χ4n) is 3.31. The van der Waals surface area contributed by atoms with Crippen LogP contribution in [0.3, 0.4) is 0 Å². The highest BCUT2D eigenvalue weighted by Crippen LogP contribution is 2.20. The van der Waals surface area contributed by atoms with Gasteiger partial charge in [0, 0.05) is 45.0 Å². The van der Waals surface area contributed by atoms with Gasteiger partial charge in [-0.05, 0) is 19.4 Å². The molecule has 10 heteroatoms. The average Bonchev–Trinajstić information content (AvgIpc) is 3.01. The number of morpholine rings is 1. The van der Waals surface area contributed by atoms with Gasteiger partial charge in [0.25, 0.3) is 5.91 Å². The van der Waals surface area contributed by atoms with Crippen LogP contribution in [0.25, 0.3) is 0 Å². The molecule has 0 spiro atoms. The van der Waals surface area contributed by atoms with Crippen LogP contribution in [-0.2, 0) is 14.6 Å². The Labute approximate surface area is 160 Å². The molecule has 9 nitrogen and oxygen atoms in total. The second kappa shape index (κ2) is 8.49. The average molecular weight is 398 g/mol. The number of hydrogen-bond acceptors (Lipinski definition) is 8. The van der Waals surface area contributed by atoms with Gasteiger partial charge in [0.2, 0.25) is 5.95 Å². The molecule has 0 aliphatic carbocycles. The molecule has 1 unspecified atom stereocenters. The van der Waals surface area contributed by atoms with Crippen molar-refractivity contribution in [3.8, 4) is 0 Å². The Morgan fingerprint density at radius 3 is 2.78 bits per heavy atom. The van der Waals surface area contributed by atoms with Crippen LogP contribution in [0.4, 0.5) is 5.95 Å². The van der Waals surface area contributed by atoms with Gasteiger partial charge < -0.3 is 15.0 Å². The van der Waals surface area contributed by atoms with E-state index in [0.717, 1.165) is 32.8 Å². The number of aryl methyl sites for hydroxylation is 1. The molecule has 0 bridgehead atoms. The van der Waals surface area contributed by atoms with Crippen molar-refractivity contribution in [1.29, 1.82) is 0 Å². The van der Waals surface area contributed by atoms with Gasteiger partial charge in [0.05, 0.1) is 24.7 Å². The van der Waals surface area contributed by atoms with Crippen LogP contribution in [0.15, 0.2) is 6.07 Å². The zero-order valence-corrected chi connectivity index (χ0v) is 16.7. The summed E-state index contributed by atoms with van der Waals surface area (Å²) < 4.78 is 28.8. The maximum atomic E-state index is 12.5. The molecule has 2 aliphatic heterocycles. The predicted octanol–water partition coefficient (Wildman–Crippen LogP) is -0.530. The predicted molar refractivity (Wildman–Crippen MR) is 102 cm³/mol. The molecule has 2 aliphatic rings. The summed E-state index contributed by atoms with van der Waals surface area (Å²) in [7, 11) is -1.22. The van der Waals surface area contributed by atoms with Crippen molar-refractivity contribution in [3.63, 3.8) is 0 Å². The largest absolute Gasteiger partial charge is 0.379 e. The van der Waals surface area contributed by atoms with Gasteiger partial charge in [-0.2, -0.15) is 0 Å². The summed E-state index contributed by atoms with van der Waals surface area (Å²) in [6.07, 6.45) is 0.553. The number of nitrogens with zero attached hydrogens (tertiary/aromatic N) is 4. The van der Waals surface area contributed by atoms with E-state index >= 15 is 0 Å². The number of carbonyl (C=O) groups is 1. The molecule has 3 heterocycles. The van der Waals surface area contributed by atoms with Crippen molar-refractivity contribution < 1.29 is 17.9 Å². The number of ether oxygens (including phenoxy) is 1. The Bertz CT molecular complexity index is 780. The minimum Gasteiger partial charge on any atom is -0.379 e. The lowest BCUT2D eigenvalue weighted by molar-refractivity contribution is 0.0383. The number of anilines is 1. The SMILES string of the molecule is Cc1cc(C(=O)NCCN2CCOCC2)nc(N(C)C2CCS(=O)(=O)C2)n1. The second-order valence-corrected chi connectivity index (χ2v) is 9.30. The molecule has 0 saturated carbocycles. The van der Waals surface area contributed by atoms with Crippen LogP contribution in [0.1, 0.15) is 22.6 Å². The summed E-state index contributed by atoms with van der Waals surface area (Å²) in [5.74, 6) is 0.419. The number of carbonyl (C=O) groups excluding carboxylic acids is 1. The number of amides is 1. The van der Waals surface area contributed by atoms with Crippen LogP contribution < -0.4 is 10.2 Å². The number of aromatic nitrogens is 2. The third kappa shape index (κ3) is 5.36. The molecule has 2 fully saturated rings. The van der Waals surface area contributed by atoms with Crippen molar-refractivity contribution in [3.05, 3.63) is 17.5 Å². The van der Waals surface area contributed by atoms with Crippen molar-refractivity contribution in [1.82, 2.24) is 20.2 Å². The van der Waals surface area contributed by atoms with Crippen LogP contribution in [0.2, 0.25) is 0 Å². The van der Waals surface area contributed by atoms with E-state index in [2.05, 4.69) is 20.2 Å². The Balaban J connectivity index is 1.61. The molecule has 0 aromatic carbocycles. The second-order valence-electron chi connectivity index (χ2n) is 7.07. The van der Waals surface area contributed by atoms with E-state index in [0.29, 0.717) is 30.3 Å². The fraction of sp³-hybridized carbons (Fsp3) is 0.706. The quantitative estimate of drug-likeness (QED) is 0.683. The van der Waals surface area contributed by atoms with Gasteiger partial charge in [-0.25, -0.2) is 18.4 Å². The van der Waals surface area contributed by atoms with Crippen LogP contribution >= 0.6 is 0 Å². The first-order valence-electron chi connectivity index (χ1n) is 9.21. The lowest BCUT2D eigenvalue weighted by Gasteiger charge is -2.26. The highest BCUT2D eigenvalue weighted by atomic mass is 32.2. The first kappa shape index (κ1) is 20.0. The smallest absolute Gasteiger partial charge is 0.270 e. The van der Waals surface area contributed by atoms with Gasteiger partial charge in [0.1, 0.15) is 5.69 Å². The summed E-state index contributed by atoms with van der Waals surface area (Å²) in [5.41, 5.74) is 0.971. The molecular formula is C17H27N5O4S. The Morgan fingerprint density at radius 1 is 1.37 bits per heavy atom. The minimum absolute atomic E-state index is 0.0991. The molecule has 27 heavy (non-hydrogen) atoms. The van der Waals surface area contributed by atoms with Crippen LogP contribution in [0, 0.1) is 6.92 Å². The number of hydrogen-bond donors (Lipinski definition) is 1. The number of sulfone groups is 1. The lowest BCUT2D eigenvalue weighted by Crippen LogP contribution is -2.41. The summed E-state index contributed by atoms with van der Waals surface area (Å²) in [5, 5.41) is 2.90. The van der Waals surface area contributed by atoms with E-state index in [9.17, 15) is 13.2 Å². The van der Waals surface area contributed by atoms with Crippen molar-refractivity contribution in [2.75, 3.05) is 62.8 Å². The van der Waals surface area contributed by atoms with E-state index < -0.39 is 9.84 Å². The van der Waals surface area contributed by atoms with E-state index in [1.807, 2.05) is 0 Å². The summed E-state index contributed by atoms with van der Waals surface area (Å²) in [6, 6.07) is 1.49. The zero-order chi connectivity index (χ0) is 19.4. The Morgan fingerprint density at radius 2 is 2.11 bits per heavy atom. The molecule has 2 saturated heterocycles. The Hall–Kier alpha value is -1.78. The van der Waals surface area contributed by atoms with Gasteiger partial charge in [0.15, 0.2) is 9.84 Å². The summed E-state index contributed by atoms with van der Waals surface area (Å²) >= 11 is 0. The van der Waals surface area contributed by atoms with E-state index in [4.69, 9.17) is 4.74 Å². The third-order valence-corrected chi connectivity index (χ3v) is 6.71. The van der Waals surface area contributed by atoms with E-state index in [1.165, 1.54) is 0 Å². The first-order valence-corrected chi connectivity index (χ1v) is 11.0. The van der Waals surface area contributed by atoms with E-state index in [-0.39, 0.29) is 23.5 Å². The van der Waals surface area contributed by atoms with Gasteiger partial charge in [-0.15, -0.1) is 0 Å². The van der Waals surface area contributed by atoms with Gasteiger partial charge >= 0.3 is 0 Å². The molecule has 1 atom stereocenters. The minimum atomic E-state index is -3.00. The summed E-state index contributed by atoms with van der Waals surface area (Å²) in [6.45, 7) is 6.31. The summed E-state index contributed by atoms with van der Waals surface area (Å²) in [4.78, 5) is 25.2. The topological polar surface area (TPSA) is 105 Å². The normalized spacial score (nSPS) is 22.5. The fourth-order valence-corrected chi connectivity index (χ4v) is 5.09. The molecule has 150 valence electrons. The molecule has 3 rings (SSSR count). The lowest BCUT2D eigenvalue weighted by atomic mass is 10.2. The van der Waals surface area contributed by atoms with Crippen LogP contribution in [0.5, 0.6) is 0 Å². The molecule has 1 N–H and O–H groups in total. The number of nitrogens with one attached hydrogen (secondary N) is 1. The molecule has 1 aromatic rings. The molecule has 1 amide bonds. The highest BCUT2D eigenvalue weighted by Gasteiger charge is 2.32. The van der Waals surface area contributed by atoms with E-state index in [1.54, 1.807) is 24.9 Å². The standard InChI is InChI=1S/C17H27N5O4S/c1-13-11-15(16(23)18-4-5-22-6-8-26-9-7-22)20-17(19-13)21(2)14-3-10-27(24,25)12-14/h11,14H,3-10,12H2,1-2H3,(H,18,23). The first-order chi connectivity index (χ1) is 12.8. The van der Waals surface area contributed by atoms with Crippen molar-refractivity contribution >= 4 is 21.7 Å². The maximum Gasteiger partial charge on any atom is 0.270 e. The van der Waals surface area contributed by atoms with Crippen LogP contribution in [-0.4, -0.2) is 93.2 Å². The van der Waals surface area contributed by atoms with Crippen molar-refractivity contribution in [2.45, 2.75) is 19.4 Å². The molecule has 1 aromatic heterocycles.